The first kappa shape index (κ1) is 15.1. The Morgan fingerprint density at radius 1 is 1.33 bits per heavy atom. The number of hydrazone groups is 1. The van der Waals surface area contributed by atoms with Crippen molar-refractivity contribution in [1.82, 2.24) is 5.43 Å². The first-order chi connectivity index (χ1) is 10.3. The number of nitrogens with one attached hydrogen (secondary N) is 2. The van der Waals surface area contributed by atoms with Crippen molar-refractivity contribution in [1.29, 1.82) is 0 Å². The molecule has 0 saturated carbocycles. The van der Waals surface area contributed by atoms with Crippen LogP contribution in [0.1, 0.15) is 11.8 Å². The monoisotopic (exact) mass is 303 g/mol. The summed E-state index contributed by atoms with van der Waals surface area (Å²) in [5.41, 5.74) is 3.33. The van der Waals surface area contributed by atoms with Gasteiger partial charge >= 0.3 is 0 Å². The first-order valence-electron chi connectivity index (χ1n) is 6.60. The molecule has 0 fully saturated rings. The minimum atomic E-state index is -0.198. The van der Waals surface area contributed by atoms with Gasteiger partial charge in [-0.1, -0.05) is 6.07 Å². The summed E-state index contributed by atoms with van der Waals surface area (Å²) >= 11 is 1.56. The van der Waals surface area contributed by atoms with Crippen molar-refractivity contribution < 1.29 is 9.53 Å². The molecule has 1 aromatic carbocycles. The number of rotatable bonds is 7. The zero-order valence-electron chi connectivity index (χ0n) is 11.7. The number of hydrogen-bond acceptors (Lipinski definition) is 5. The van der Waals surface area contributed by atoms with Crippen LogP contribution in [-0.2, 0) is 4.79 Å². The van der Waals surface area contributed by atoms with Crippen molar-refractivity contribution in [2.75, 3.05) is 18.5 Å². The maximum Gasteiger partial charge on any atom is 0.259 e. The van der Waals surface area contributed by atoms with Crippen LogP contribution < -0.4 is 15.5 Å². The number of nitrogens with zero attached hydrogens (tertiary/aromatic N) is 1. The van der Waals surface area contributed by atoms with Gasteiger partial charge < -0.3 is 10.1 Å². The molecule has 2 rings (SSSR count). The summed E-state index contributed by atoms with van der Waals surface area (Å²) in [5, 5.41) is 8.86. The molecule has 0 spiro atoms. The van der Waals surface area contributed by atoms with Crippen molar-refractivity contribution in [2.45, 2.75) is 6.92 Å². The van der Waals surface area contributed by atoms with Gasteiger partial charge in [0, 0.05) is 10.6 Å². The number of carbonyl (C=O) groups is 1. The van der Waals surface area contributed by atoms with Crippen LogP contribution in [0.2, 0.25) is 0 Å². The van der Waals surface area contributed by atoms with Gasteiger partial charge in [-0.3, -0.25) is 4.79 Å². The third kappa shape index (κ3) is 5.27. The first-order valence-corrected chi connectivity index (χ1v) is 7.48. The average Bonchev–Trinajstić information content (AvgIpc) is 3.00. The highest BCUT2D eigenvalue weighted by atomic mass is 32.1. The van der Waals surface area contributed by atoms with Crippen LogP contribution in [0.15, 0.2) is 46.9 Å². The Balaban J connectivity index is 1.73. The Hall–Kier alpha value is -2.34. The quantitative estimate of drug-likeness (QED) is 0.610. The molecule has 0 aliphatic rings. The minimum Gasteiger partial charge on any atom is -0.494 e. The molecule has 0 saturated heterocycles. The predicted octanol–water partition coefficient (Wildman–Crippen LogP) is 2.71. The van der Waals surface area contributed by atoms with Crippen LogP contribution in [0, 0.1) is 0 Å². The summed E-state index contributed by atoms with van der Waals surface area (Å²) in [6, 6.07) is 11.3. The Bertz CT molecular complexity index is 579. The third-order valence-corrected chi connectivity index (χ3v) is 3.35. The van der Waals surface area contributed by atoms with Gasteiger partial charge in [0.2, 0.25) is 0 Å². The van der Waals surface area contributed by atoms with E-state index in [1.807, 2.05) is 48.7 Å². The van der Waals surface area contributed by atoms with E-state index < -0.39 is 0 Å². The predicted molar refractivity (Wildman–Crippen MR) is 86.2 cm³/mol. The van der Waals surface area contributed by atoms with E-state index in [-0.39, 0.29) is 12.5 Å². The van der Waals surface area contributed by atoms with Crippen LogP contribution in [0.25, 0.3) is 0 Å². The van der Waals surface area contributed by atoms with E-state index in [1.165, 1.54) is 0 Å². The lowest BCUT2D eigenvalue weighted by molar-refractivity contribution is -0.119. The topological polar surface area (TPSA) is 62.7 Å². The summed E-state index contributed by atoms with van der Waals surface area (Å²) < 4.78 is 5.35. The molecular weight excluding hydrogens is 286 g/mol. The van der Waals surface area contributed by atoms with Gasteiger partial charge in [0.1, 0.15) is 5.75 Å². The summed E-state index contributed by atoms with van der Waals surface area (Å²) in [6.45, 7) is 2.74. The lowest BCUT2D eigenvalue weighted by Crippen LogP contribution is -2.25. The molecule has 1 heterocycles. The number of carbonyl (C=O) groups excluding carboxylic acids is 1. The highest BCUT2D eigenvalue weighted by molar-refractivity contribution is 7.11. The largest absolute Gasteiger partial charge is 0.494 e. The number of anilines is 1. The normalized spacial score (nSPS) is 10.5. The van der Waals surface area contributed by atoms with Gasteiger partial charge in [-0.15, -0.1) is 11.3 Å². The summed E-state index contributed by atoms with van der Waals surface area (Å²) in [5.74, 6) is 0.616. The standard InChI is InChI=1S/C15H17N3O2S/c1-2-20-13-7-5-12(6-8-13)16-11-15(19)18-17-10-14-4-3-9-21-14/h3-10,16H,2,11H2,1H3,(H,18,19). The molecular formula is C15H17N3O2S. The number of ether oxygens (including phenoxy) is 1. The number of amides is 1. The van der Waals surface area contributed by atoms with E-state index in [2.05, 4.69) is 15.8 Å². The molecule has 0 aliphatic heterocycles. The van der Waals surface area contributed by atoms with Crippen LogP contribution in [-0.4, -0.2) is 25.3 Å². The molecule has 6 heteroatoms. The molecule has 5 nitrogen and oxygen atoms in total. The van der Waals surface area contributed by atoms with Crippen LogP contribution >= 0.6 is 11.3 Å². The third-order valence-electron chi connectivity index (χ3n) is 2.54. The van der Waals surface area contributed by atoms with Crippen molar-refractivity contribution in [3.05, 3.63) is 46.7 Å². The molecule has 0 bridgehead atoms. The van der Waals surface area contributed by atoms with Crippen molar-refractivity contribution in [3.63, 3.8) is 0 Å². The molecule has 0 radical (unpaired) electrons. The lowest BCUT2D eigenvalue weighted by Gasteiger charge is -2.07. The summed E-state index contributed by atoms with van der Waals surface area (Å²) in [6.07, 6.45) is 1.62. The highest BCUT2D eigenvalue weighted by Gasteiger charge is 2.00. The van der Waals surface area contributed by atoms with E-state index in [0.717, 1.165) is 16.3 Å². The van der Waals surface area contributed by atoms with E-state index in [1.54, 1.807) is 17.6 Å². The molecule has 21 heavy (non-hydrogen) atoms. The van der Waals surface area contributed by atoms with E-state index in [0.29, 0.717) is 6.61 Å². The second kappa shape index (κ2) is 8.06. The van der Waals surface area contributed by atoms with Crippen LogP contribution in [0.4, 0.5) is 5.69 Å². The highest BCUT2D eigenvalue weighted by Crippen LogP contribution is 2.15. The minimum absolute atomic E-state index is 0.162. The fourth-order valence-corrected chi connectivity index (χ4v) is 2.18. The SMILES string of the molecule is CCOc1ccc(NCC(=O)NN=Cc2cccs2)cc1. The van der Waals surface area contributed by atoms with Crippen LogP contribution in [0.5, 0.6) is 5.75 Å². The van der Waals surface area contributed by atoms with Crippen LogP contribution in [0.3, 0.4) is 0 Å². The van der Waals surface area contributed by atoms with E-state index in [4.69, 9.17) is 4.74 Å². The van der Waals surface area contributed by atoms with Gasteiger partial charge in [0.05, 0.1) is 19.4 Å². The van der Waals surface area contributed by atoms with Gasteiger partial charge in [-0.05, 0) is 42.6 Å². The molecule has 110 valence electrons. The van der Waals surface area contributed by atoms with E-state index in [9.17, 15) is 4.79 Å². The molecule has 1 aromatic heterocycles. The van der Waals surface area contributed by atoms with Gasteiger partial charge in [0.25, 0.3) is 5.91 Å². The Morgan fingerprint density at radius 2 is 2.14 bits per heavy atom. The van der Waals surface area contributed by atoms with Crippen molar-refractivity contribution in [3.8, 4) is 5.75 Å². The average molecular weight is 303 g/mol. The zero-order chi connectivity index (χ0) is 14.9. The second-order valence-electron chi connectivity index (χ2n) is 4.12. The fourth-order valence-electron chi connectivity index (χ4n) is 1.59. The van der Waals surface area contributed by atoms with Gasteiger partial charge in [-0.2, -0.15) is 5.10 Å². The van der Waals surface area contributed by atoms with Gasteiger partial charge in [-0.25, -0.2) is 5.43 Å². The Kier molecular flexibility index (Phi) is 5.78. The molecule has 0 unspecified atom stereocenters. The molecule has 0 atom stereocenters. The maximum atomic E-state index is 11.6. The number of benzene rings is 1. The molecule has 2 aromatic rings. The zero-order valence-corrected chi connectivity index (χ0v) is 12.5. The number of hydrogen-bond donors (Lipinski definition) is 2. The lowest BCUT2D eigenvalue weighted by atomic mass is 10.3. The Labute approximate surface area is 127 Å². The summed E-state index contributed by atoms with van der Waals surface area (Å²) in [4.78, 5) is 12.6. The number of thiophene rings is 1. The Morgan fingerprint density at radius 3 is 2.81 bits per heavy atom. The van der Waals surface area contributed by atoms with Gasteiger partial charge in [0.15, 0.2) is 0 Å². The maximum absolute atomic E-state index is 11.6. The summed E-state index contributed by atoms with van der Waals surface area (Å²) in [7, 11) is 0. The molecule has 0 aliphatic carbocycles. The van der Waals surface area contributed by atoms with Crippen molar-refractivity contribution >= 4 is 29.1 Å². The van der Waals surface area contributed by atoms with E-state index >= 15 is 0 Å². The van der Waals surface area contributed by atoms with Crippen molar-refractivity contribution in [2.24, 2.45) is 5.10 Å². The molecule has 1 amide bonds. The smallest absolute Gasteiger partial charge is 0.259 e. The second-order valence-corrected chi connectivity index (χ2v) is 5.10. The molecule has 2 N–H and O–H groups in total. The fraction of sp³-hybridized carbons (Fsp3) is 0.200.